The van der Waals surface area contributed by atoms with Crippen LogP contribution in [0.15, 0.2) is 6.07 Å². The lowest BCUT2D eigenvalue weighted by atomic mass is 10.1. The highest BCUT2D eigenvalue weighted by Gasteiger charge is 2.07. The summed E-state index contributed by atoms with van der Waals surface area (Å²) in [5.74, 6) is 1.25. The maximum absolute atomic E-state index is 5.63. The van der Waals surface area contributed by atoms with Gasteiger partial charge in [0.2, 0.25) is 0 Å². The van der Waals surface area contributed by atoms with E-state index < -0.39 is 0 Å². The van der Waals surface area contributed by atoms with Crippen LogP contribution in [-0.4, -0.2) is 9.78 Å². The number of aromatic nitrogens is 2. The fourth-order valence-electron chi connectivity index (χ4n) is 0.955. The highest BCUT2D eigenvalue weighted by atomic mass is 15.3. The molecule has 0 aliphatic heterocycles. The summed E-state index contributed by atoms with van der Waals surface area (Å²) in [6.45, 7) is 4.30. The highest BCUT2D eigenvalue weighted by Crippen LogP contribution is 2.18. The van der Waals surface area contributed by atoms with Crippen LogP contribution in [0.2, 0.25) is 0 Å². The topological polar surface area (TPSA) is 43.8 Å². The summed E-state index contributed by atoms with van der Waals surface area (Å²) in [4.78, 5) is 0. The Morgan fingerprint density at radius 3 is 2.73 bits per heavy atom. The Hall–Kier alpha value is -0.990. The quantitative estimate of drug-likeness (QED) is 0.700. The fraction of sp³-hybridized carbons (Fsp3) is 0.625. The van der Waals surface area contributed by atoms with Gasteiger partial charge in [0, 0.05) is 19.0 Å². The molecule has 0 aromatic carbocycles. The molecule has 11 heavy (non-hydrogen) atoms. The van der Waals surface area contributed by atoms with E-state index in [4.69, 9.17) is 5.73 Å². The van der Waals surface area contributed by atoms with Gasteiger partial charge >= 0.3 is 0 Å². The molecule has 1 unspecified atom stereocenters. The molecule has 0 amide bonds. The summed E-state index contributed by atoms with van der Waals surface area (Å²) < 4.78 is 1.71. The highest BCUT2D eigenvalue weighted by molar-refractivity contribution is 5.31. The Labute approximate surface area is 67.2 Å². The van der Waals surface area contributed by atoms with Gasteiger partial charge in [0.1, 0.15) is 5.82 Å². The molecule has 2 N–H and O–H groups in total. The van der Waals surface area contributed by atoms with Crippen LogP contribution in [0.25, 0.3) is 0 Å². The Morgan fingerprint density at radius 2 is 2.36 bits per heavy atom. The van der Waals surface area contributed by atoms with E-state index in [0.29, 0.717) is 5.92 Å². The van der Waals surface area contributed by atoms with E-state index in [-0.39, 0.29) is 0 Å². The van der Waals surface area contributed by atoms with E-state index in [0.717, 1.165) is 17.9 Å². The lowest BCUT2D eigenvalue weighted by molar-refractivity contribution is 0.668. The molecule has 0 fully saturated rings. The van der Waals surface area contributed by atoms with Gasteiger partial charge in [-0.15, -0.1) is 0 Å². The second-order valence-corrected chi connectivity index (χ2v) is 2.93. The molecule has 0 bridgehead atoms. The first-order valence-corrected chi connectivity index (χ1v) is 3.94. The van der Waals surface area contributed by atoms with Crippen molar-refractivity contribution in [3.63, 3.8) is 0 Å². The summed E-state index contributed by atoms with van der Waals surface area (Å²) in [6.07, 6.45) is 1.11. The van der Waals surface area contributed by atoms with Crippen molar-refractivity contribution < 1.29 is 0 Å². The number of nitrogens with zero attached hydrogens (tertiary/aromatic N) is 2. The summed E-state index contributed by atoms with van der Waals surface area (Å²) >= 11 is 0. The smallest absolute Gasteiger partial charge is 0.121 e. The third kappa shape index (κ3) is 1.53. The lowest BCUT2D eigenvalue weighted by Gasteiger charge is -2.01. The largest absolute Gasteiger partial charge is 0.384 e. The van der Waals surface area contributed by atoms with Crippen molar-refractivity contribution in [3.05, 3.63) is 11.8 Å². The predicted molar refractivity (Wildman–Crippen MR) is 46.3 cm³/mol. The number of anilines is 1. The first kappa shape index (κ1) is 8.11. The van der Waals surface area contributed by atoms with E-state index in [1.807, 2.05) is 13.1 Å². The van der Waals surface area contributed by atoms with Crippen molar-refractivity contribution in [1.82, 2.24) is 9.78 Å². The van der Waals surface area contributed by atoms with E-state index in [2.05, 4.69) is 18.9 Å². The average molecular weight is 153 g/mol. The zero-order chi connectivity index (χ0) is 8.43. The van der Waals surface area contributed by atoms with Crippen LogP contribution in [0, 0.1) is 0 Å². The monoisotopic (exact) mass is 153 g/mol. The predicted octanol–water partition coefficient (Wildman–Crippen LogP) is 1.52. The van der Waals surface area contributed by atoms with Crippen LogP contribution in [0.5, 0.6) is 0 Å². The van der Waals surface area contributed by atoms with Gasteiger partial charge in [0.25, 0.3) is 0 Å². The van der Waals surface area contributed by atoms with Crippen LogP contribution in [0.1, 0.15) is 31.9 Å². The molecule has 0 saturated carbocycles. The van der Waals surface area contributed by atoms with Gasteiger partial charge in [0.05, 0.1) is 5.69 Å². The zero-order valence-corrected chi connectivity index (χ0v) is 7.33. The second kappa shape index (κ2) is 2.95. The lowest BCUT2D eigenvalue weighted by Crippen LogP contribution is -1.98. The Bertz CT molecular complexity index is 220. The number of rotatable bonds is 2. The normalized spacial score (nSPS) is 13.4. The van der Waals surface area contributed by atoms with E-state index in [9.17, 15) is 0 Å². The summed E-state index contributed by atoms with van der Waals surface area (Å²) in [6, 6.07) is 1.94. The molecule has 0 radical (unpaired) electrons. The Balaban J connectivity index is 2.88. The Kier molecular flexibility index (Phi) is 2.17. The Morgan fingerprint density at radius 1 is 1.73 bits per heavy atom. The molecule has 1 rings (SSSR count). The van der Waals surface area contributed by atoms with Crippen molar-refractivity contribution in [2.75, 3.05) is 5.73 Å². The van der Waals surface area contributed by atoms with Crippen LogP contribution in [0.3, 0.4) is 0 Å². The molecule has 1 heterocycles. The van der Waals surface area contributed by atoms with Crippen molar-refractivity contribution >= 4 is 5.82 Å². The van der Waals surface area contributed by atoms with Crippen LogP contribution in [-0.2, 0) is 7.05 Å². The van der Waals surface area contributed by atoms with Gasteiger partial charge in [-0.2, -0.15) is 5.10 Å². The van der Waals surface area contributed by atoms with Gasteiger partial charge < -0.3 is 5.73 Å². The molecule has 0 aliphatic rings. The first-order valence-electron chi connectivity index (χ1n) is 3.94. The van der Waals surface area contributed by atoms with Gasteiger partial charge in [-0.05, 0) is 6.42 Å². The molecule has 62 valence electrons. The zero-order valence-electron chi connectivity index (χ0n) is 7.33. The fourth-order valence-corrected chi connectivity index (χ4v) is 0.955. The SMILES string of the molecule is CCC(C)c1cc(N)n(C)n1. The third-order valence-electron chi connectivity index (χ3n) is 2.05. The van der Waals surface area contributed by atoms with Crippen molar-refractivity contribution in [1.29, 1.82) is 0 Å². The van der Waals surface area contributed by atoms with Crippen LogP contribution < -0.4 is 5.73 Å². The average Bonchev–Trinajstić information content (AvgIpc) is 2.31. The standard InChI is InChI=1S/C8H15N3/c1-4-6(2)7-5-8(9)11(3)10-7/h5-6H,4,9H2,1-3H3. The van der Waals surface area contributed by atoms with Gasteiger partial charge in [-0.1, -0.05) is 13.8 Å². The molecule has 3 heteroatoms. The minimum absolute atomic E-state index is 0.512. The molecule has 1 aromatic rings. The summed E-state index contributed by atoms with van der Waals surface area (Å²) in [5, 5.41) is 4.27. The molecule has 1 aromatic heterocycles. The number of nitrogens with two attached hydrogens (primary N) is 1. The van der Waals surface area contributed by atoms with Gasteiger partial charge in [-0.3, -0.25) is 4.68 Å². The molecule has 0 aliphatic carbocycles. The van der Waals surface area contributed by atoms with E-state index >= 15 is 0 Å². The maximum Gasteiger partial charge on any atom is 0.121 e. The number of hydrogen-bond donors (Lipinski definition) is 1. The van der Waals surface area contributed by atoms with Crippen molar-refractivity contribution in [2.45, 2.75) is 26.2 Å². The molecular formula is C8H15N3. The minimum Gasteiger partial charge on any atom is -0.384 e. The maximum atomic E-state index is 5.63. The van der Waals surface area contributed by atoms with E-state index in [1.165, 1.54) is 0 Å². The van der Waals surface area contributed by atoms with Crippen molar-refractivity contribution in [3.8, 4) is 0 Å². The second-order valence-electron chi connectivity index (χ2n) is 2.93. The summed E-state index contributed by atoms with van der Waals surface area (Å²) in [7, 11) is 1.86. The molecule has 0 saturated heterocycles. The molecular weight excluding hydrogens is 138 g/mol. The number of aryl methyl sites for hydroxylation is 1. The molecule has 3 nitrogen and oxygen atoms in total. The van der Waals surface area contributed by atoms with Crippen LogP contribution in [0.4, 0.5) is 5.82 Å². The van der Waals surface area contributed by atoms with Gasteiger partial charge in [0.15, 0.2) is 0 Å². The van der Waals surface area contributed by atoms with E-state index in [1.54, 1.807) is 4.68 Å². The number of hydrogen-bond acceptors (Lipinski definition) is 2. The van der Waals surface area contributed by atoms with Crippen molar-refractivity contribution in [2.24, 2.45) is 7.05 Å². The minimum atomic E-state index is 0.512. The summed E-state index contributed by atoms with van der Waals surface area (Å²) in [5.41, 5.74) is 6.72. The molecule has 0 spiro atoms. The first-order chi connectivity index (χ1) is 5.15. The van der Waals surface area contributed by atoms with Crippen LogP contribution >= 0.6 is 0 Å². The molecule has 1 atom stereocenters. The number of nitrogen functional groups attached to an aromatic ring is 1. The third-order valence-corrected chi connectivity index (χ3v) is 2.05. The van der Waals surface area contributed by atoms with Gasteiger partial charge in [-0.25, -0.2) is 0 Å².